The van der Waals surface area contributed by atoms with E-state index >= 15 is 0 Å². The second-order valence-corrected chi connectivity index (χ2v) is 8.47. The maximum absolute atomic E-state index is 12.5. The van der Waals surface area contributed by atoms with Crippen molar-refractivity contribution in [2.45, 2.75) is 111 Å². The van der Waals surface area contributed by atoms with E-state index in [1.54, 1.807) is 0 Å². The van der Waals surface area contributed by atoms with Crippen molar-refractivity contribution in [2.75, 3.05) is 0 Å². The molecule has 164 valence electrons. The Morgan fingerprint density at radius 2 is 1.48 bits per heavy atom. The number of aliphatic carboxylic acids is 1. The number of carbonyl (C=O) groups excluding carboxylic acids is 1. The Morgan fingerprint density at radius 3 is 1.93 bits per heavy atom. The predicted octanol–water partition coefficient (Wildman–Crippen LogP) is 0.920. The minimum Gasteiger partial charge on any atom is -0.862 e. The van der Waals surface area contributed by atoms with Crippen LogP contribution in [0.3, 0.4) is 0 Å². The largest absolute Gasteiger partial charge is 1.00 e. The van der Waals surface area contributed by atoms with Crippen LogP contribution >= 0.6 is 0 Å². The third-order valence-electron chi connectivity index (χ3n) is 4.75. The molecule has 0 saturated carbocycles. The van der Waals surface area contributed by atoms with Crippen molar-refractivity contribution in [1.29, 1.82) is 0 Å². The molecular formula is C22H41N2NaO4. The number of unbranched alkanes of at least 4 members (excludes halogenated alkanes) is 7. The summed E-state index contributed by atoms with van der Waals surface area (Å²) in [5.41, 5.74) is 0. The van der Waals surface area contributed by atoms with Gasteiger partial charge in [-0.05, 0) is 37.0 Å². The van der Waals surface area contributed by atoms with Gasteiger partial charge in [0.05, 0.1) is 0 Å². The van der Waals surface area contributed by atoms with Crippen LogP contribution in [-0.2, 0) is 9.59 Å². The van der Waals surface area contributed by atoms with Gasteiger partial charge >= 0.3 is 35.5 Å². The van der Waals surface area contributed by atoms with E-state index in [2.05, 4.69) is 17.2 Å². The molecule has 2 atom stereocenters. The van der Waals surface area contributed by atoms with Crippen molar-refractivity contribution in [1.82, 2.24) is 5.32 Å². The summed E-state index contributed by atoms with van der Waals surface area (Å²) in [6, 6.07) is -1.79. The van der Waals surface area contributed by atoms with Crippen molar-refractivity contribution in [3.05, 3.63) is 0 Å². The Balaban J connectivity index is 0. The van der Waals surface area contributed by atoms with Gasteiger partial charge in [-0.3, -0.25) is 9.79 Å². The van der Waals surface area contributed by atoms with Gasteiger partial charge in [-0.25, -0.2) is 4.79 Å². The molecule has 0 aliphatic heterocycles. The summed E-state index contributed by atoms with van der Waals surface area (Å²) in [6.45, 7) is 9.64. The van der Waals surface area contributed by atoms with E-state index in [4.69, 9.17) is 0 Å². The fourth-order valence-electron chi connectivity index (χ4n) is 3.09. The molecule has 0 aliphatic carbocycles. The number of carbonyl (C=O) groups is 2. The molecule has 0 saturated heterocycles. The quantitative estimate of drug-likeness (QED) is 0.168. The van der Waals surface area contributed by atoms with Gasteiger partial charge in [-0.15, -0.1) is 0 Å². The van der Waals surface area contributed by atoms with Crippen LogP contribution in [0.25, 0.3) is 0 Å². The zero-order valence-electron chi connectivity index (χ0n) is 19.5. The summed E-state index contributed by atoms with van der Waals surface area (Å²) in [5.74, 6) is -1.84. The molecule has 0 spiro atoms. The first-order chi connectivity index (χ1) is 13.2. The Labute approximate surface area is 199 Å². The van der Waals surface area contributed by atoms with E-state index in [1.807, 2.05) is 27.7 Å². The van der Waals surface area contributed by atoms with E-state index in [1.165, 1.54) is 32.1 Å². The van der Waals surface area contributed by atoms with E-state index in [0.29, 0.717) is 12.8 Å². The molecule has 0 aromatic rings. The van der Waals surface area contributed by atoms with Crippen LogP contribution in [0.4, 0.5) is 0 Å². The van der Waals surface area contributed by atoms with Gasteiger partial charge in [-0.1, -0.05) is 79.6 Å². The zero-order valence-corrected chi connectivity index (χ0v) is 21.5. The maximum atomic E-state index is 12.5. The molecule has 0 heterocycles. The number of carboxylic acids is 1. The number of aliphatic imine (C=N–C) groups is 1. The minimum absolute atomic E-state index is 0. The minimum atomic E-state index is -1.06. The smallest absolute Gasteiger partial charge is 0.862 e. The molecule has 2 N–H and O–H groups in total. The van der Waals surface area contributed by atoms with E-state index in [0.717, 1.165) is 19.3 Å². The predicted molar refractivity (Wildman–Crippen MR) is 112 cm³/mol. The molecule has 7 heteroatoms. The van der Waals surface area contributed by atoms with E-state index in [9.17, 15) is 19.8 Å². The standard InChI is InChI=1S/C22H42N2O4.Na/c1-6-7-8-9-10-11-12-13-14-19(25)24-20(17(4)5)21(26)23-18(22(27)28)15-16(2)3;/h16-18,20H,6-15H2,1-5H3,(H,23,26)(H,24,25)(H,27,28);/q;+1/p-1/t18-,20-;/m0./s1. The number of hydrogen-bond donors (Lipinski definition) is 2. The maximum Gasteiger partial charge on any atom is 1.00 e. The molecule has 29 heavy (non-hydrogen) atoms. The number of amides is 1. The van der Waals surface area contributed by atoms with Gasteiger partial charge in [0.2, 0.25) is 5.91 Å². The van der Waals surface area contributed by atoms with Crippen molar-refractivity contribution in [3.8, 4) is 0 Å². The van der Waals surface area contributed by atoms with Crippen LogP contribution in [0.2, 0.25) is 0 Å². The van der Waals surface area contributed by atoms with Crippen LogP contribution in [0, 0.1) is 11.8 Å². The summed E-state index contributed by atoms with van der Waals surface area (Å²) in [4.78, 5) is 27.9. The summed E-state index contributed by atoms with van der Waals surface area (Å²) < 4.78 is 0. The van der Waals surface area contributed by atoms with Gasteiger partial charge in [0, 0.05) is 0 Å². The monoisotopic (exact) mass is 420 g/mol. The molecule has 0 aromatic carbocycles. The normalized spacial score (nSPS) is 13.8. The third-order valence-corrected chi connectivity index (χ3v) is 4.75. The van der Waals surface area contributed by atoms with Crippen LogP contribution in [0.5, 0.6) is 0 Å². The molecule has 0 bridgehead atoms. The van der Waals surface area contributed by atoms with Crippen molar-refractivity contribution < 1.29 is 49.4 Å². The third kappa shape index (κ3) is 15.9. The Kier molecular flexibility index (Phi) is 19.2. The van der Waals surface area contributed by atoms with Crippen LogP contribution in [-0.4, -0.2) is 35.0 Å². The molecular weight excluding hydrogens is 379 g/mol. The van der Waals surface area contributed by atoms with E-state index < -0.39 is 24.0 Å². The number of carboxylic acid groups (broad SMARTS) is 1. The molecule has 0 fully saturated rings. The first kappa shape index (κ1) is 30.6. The average molecular weight is 421 g/mol. The van der Waals surface area contributed by atoms with Crippen LogP contribution < -0.4 is 40.0 Å². The van der Waals surface area contributed by atoms with Gasteiger partial charge in [0.1, 0.15) is 12.1 Å². The number of hydrogen-bond acceptors (Lipinski definition) is 4. The van der Waals surface area contributed by atoms with Gasteiger partial charge in [-0.2, -0.15) is 0 Å². The first-order valence-electron chi connectivity index (χ1n) is 11.0. The van der Waals surface area contributed by atoms with Gasteiger partial charge < -0.3 is 15.5 Å². The summed E-state index contributed by atoms with van der Waals surface area (Å²) in [5, 5.41) is 24.0. The number of nitrogens with one attached hydrogen (secondary N) is 1. The summed E-state index contributed by atoms with van der Waals surface area (Å²) in [7, 11) is 0. The molecule has 0 rings (SSSR count). The molecule has 0 aromatic heterocycles. The molecule has 0 unspecified atom stereocenters. The average Bonchev–Trinajstić information content (AvgIpc) is 2.60. The SMILES string of the molecule is CCCCCCCCCCC([O-])=N[C@H](C(=O)N[C@@H](CC(C)C)C(=O)O)C(C)C.[Na+]. The van der Waals surface area contributed by atoms with Crippen molar-refractivity contribution in [2.24, 2.45) is 16.8 Å². The molecule has 6 nitrogen and oxygen atoms in total. The fraction of sp³-hybridized carbons (Fsp3) is 0.864. The molecule has 1 amide bonds. The molecule has 0 radical (unpaired) electrons. The molecule has 0 aliphatic rings. The van der Waals surface area contributed by atoms with Gasteiger partial charge in [0.25, 0.3) is 0 Å². The van der Waals surface area contributed by atoms with Gasteiger partial charge in [0.15, 0.2) is 0 Å². The van der Waals surface area contributed by atoms with Crippen LogP contribution in [0.1, 0.15) is 98.8 Å². The number of rotatable bonds is 16. The van der Waals surface area contributed by atoms with E-state index in [-0.39, 0.29) is 47.3 Å². The number of nitrogens with zero attached hydrogens (tertiary/aromatic N) is 1. The fourth-order valence-corrected chi connectivity index (χ4v) is 3.09. The van der Waals surface area contributed by atoms with Crippen molar-refractivity contribution in [3.63, 3.8) is 0 Å². The second-order valence-electron chi connectivity index (χ2n) is 8.47. The Bertz CT molecular complexity index is 481. The topological polar surface area (TPSA) is 102 Å². The first-order valence-corrected chi connectivity index (χ1v) is 11.0. The van der Waals surface area contributed by atoms with Crippen LogP contribution in [0.15, 0.2) is 4.99 Å². The second kappa shape index (κ2) is 18.2. The Hall–Kier alpha value is -0.590. The summed E-state index contributed by atoms with van der Waals surface area (Å²) >= 11 is 0. The van der Waals surface area contributed by atoms with Crippen molar-refractivity contribution >= 4 is 17.8 Å². The zero-order chi connectivity index (χ0) is 21.5. The Morgan fingerprint density at radius 1 is 0.966 bits per heavy atom. The summed E-state index contributed by atoms with van der Waals surface area (Å²) in [6.07, 6.45) is 9.87.